The van der Waals surface area contributed by atoms with Gasteiger partial charge in [0.15, 0.2) is 0 Å². The molecule has 1 atom stereocenters. The smallest absolute Gasteiger partial charge is 0.126 e. The second-order valence-electron chi connectivity index (χ2n) is 3.01. The summed E-state index contributed by atoms with van der Waals surface area (Å²) in [7, 11) is 0. The molecule has 1 aromatic carbocycles. The molecule has 1 unspecified atom stereocenters. The van der Waals surface area contributed by atoms with Crippen molar-refractivity contribution in [2.75, 3.05) is 5.32 Å². The van der Waals surface area contributed by atoms with Gasteiger partial charge in [-0.3, -0.25) is 0 Å². The number of nitrogens with zero attached hydrogens (tertiary/aromatic N) is 1. The van der Waals surface area contributed by atoms with Gasteiger partial charge >= 0.3 is 0 Å². The van der Waals surface area contributed by atoms with Crippen LogP contribution in [0.3, 0.4) is 0 Å². The van der Waals surface area contributed by atoms with E-state index in [1.165, 1.54) is 12.1 Å². The third-order valence-electron chi connectivity index (χ3n) is 1.77. The Hall–Kier alpha value is -1.82. The highest BCUT2D eigenvalue weighted by Gasteiger charge is 2.01. The SMILES string of the molecule is C=CC(C)Nc1cc(F)cc(C#N)c1. The first-order chi connectivity index (χ1) is 6.65. The van der Waals surface area contributed by atoms with Gasteiger partial charge in [0.1, 0.15) is 5.82 Å². The van der Waals surface area contributed by atoms with Gasteiger partial charge in [-0.25, -0.2) is 4.39 Å². The number of nitrogens with one attached hydrogen (secondary N) is 1. The fraction of sp³-hybridized carbons (Fsp3) is 0.182. The Morgan fingerprint density at radius 1 is 1.57 bits per heavy atom. The topological polar surface area (TPSA) is 35.8 Å². The van der Waals surface area contributed by atoms with Crippen molar-refractivity contribution in [3.05, 3.63) is 42.2 Å². The molecular formula is C11H11FN2. The summed E-state index contributed by atoms with van der Waals surface area (Å²) >= 11 is 0. The van der Waals surface area contributed by atoms with E-state index in [1.54, 1.807) is 12.1 Å². The fourth-order valence-corrected chi connectivity index (χ4v) is 1.06. The van der Waals surface area contributed by atoms with E-state index in [2.05, 4.69) is 11.9 Å². The summed E-state index contributed by atoms with van der Waals surface area (Å²) in [5, 5.41) is 11.6. The second-order valence-corrected chi connectivity index (χ2v) is 3.01. The monoisotopic (exact) mass is 190 g/mol. The zero-order chi connectivity index (χ0) is 10.6. The highest BCUT2D eigenvalue weighted by atomic mass is 19.1. The lowest BCUT2D eigenvalue weighted by Crippen LogP contribution is -2.11. The van der Waals surface area contributed by atoms with Crippen LogP contribution >= 0.6 is 0 Å². The van der Waals surface area contributed by atoms with E-state index in [9.17, 15) is 4.39 Å². The van der Waals surface area contributed by atoms with Gasteiger partial charge in [0.2, 0.25) is 0 Å². The van der Waals surface area contributed by atoms with Gasteiger partial charge in [0.25, 0.3) is 0 Å². The van der Waals surface area contributed by atoms with Gasteiger partial charge in [-0.15, -0.1) is 6.58 Å². The van der Waals surface area contributed by atoms with E-state index in [1.807, 2.05) is 13.0 Å². The molecule has 0 aliphatic carbocycles. The minimum absolute atomic E-state index is 0.0448. The Morgan fingerprint density at radius 2 is 2.29 bits per heavy atom. The molecule has 0 aromatic heterocycles. The number of anilines is 1. The molecule has 1 N–H and O–H groups in total. The Labute approximate surface area is 82.7 Å². The van der Waals surface area contributed by atoms with Crippen LogP contribution in [0.1, 0.15) is 12.5 Å². The van der Waals surface area contributed by atoms with Crippen LogP contribution in [0, 0.1) is 17.1 Å². The van der Waals surface area contributed by atoms with Gasteiger partial charge in [-0.05, 0) is 25.1 Å². The van der Waals surface area contributed by atoms with Gasteiger partial charge in [-0.2, -0.15) is 5.26 Å². The maximum atomic E-state index is 13.0. The van der Waals surface area contributed by atoms with E-state index >= 15 is 0 Å². The highest BCUT2D eigenvalue weighted by molar-refractivity contribution is 5.50. The molecule has 14 heavy (non-hydrogen) atoms. The minimum atomic E-state index is -0.414. The number of hydrogen-bond acceptors (Lipinski definition) is 2. The predicted octanol–water partition coefficient (Wildman–Crippen LogP) is 2.68. The second kappa shape index (κ2) is 4.43. The summed E-state index contributed by atoms with van der Waals surface area (Å²) in [6.07, 6.45) is 1.71. The number of rotatable bonds is 3. The van der Waals surface area contributed by atoms with Crippen molar-refractivity contribution in [1.82, 2.24) is 0 Å². The van der Waals surface area contributed by atoms with Crippen LogP contribution < -0.4 is 5.32 Å². The van der Waals surface area contributed by atoms with Crippen molar-refractivity contribution in [1.29, 1.82) is 5.26 Å². The first-order valence-corrected chi connectivity index (χ1v) is 4.25. The van der Waals surface area contributed by atoms with E-state index in [0.29, 0.717) is 11.3 Å². The Morgan fingerprint density at radius 3 is 2.86 bits per heavy atom. The molecular weight excluding hydrogens is 179 g/mol. The summed E-state index contributed by atoms with van der Waals surface area (Å²) in [4.78, 5) is 0. The van der Waals surface area contributed by atoms with Gasteiger partial charge in [-0.1, -0.05) is 6.08 Å². The van der Waals surface area contributed by atoms with Crippen molar-refractivity contribution in [2.45, 2.75) is 13.0 Å². The Bertz CT molecular complexity index is 379. The van der Waals surface area contributed by atoms with Gasteiger partial charge in [0.05, 0.1) is 11.6 Å². The number of nitriles is 1. The lowest BCUT2D eigenvalue weighted by Gasteiger charge is -2.10. The zero-order valence-corrected chi connectivity index (χ0v) is 7.92. The molecule has 0 saturated carbocycles. The molecule has 0 amide bonds. The molecule has 0 radical (unpaired) electrons. The first-order valence-electron chi connectivity index (χ1n) is 4.25. The van der Waals surface area contributed by atoms with Gasteiger partial charge in [0, 0.05) is 11.7 Å². The summed E-state index contributed by atoms with van der Waals surface area (Å²) in [5.74, 6) is -0.414. The molecule has 0 aliphatic heterocycles. The van der Waals surface area contributed by atoms with Crippen LogP contribution in [0.4, 0.5) is 10.1 Å². The summed E-state index contributed by atoms with van der Waals surface area (Å²) < 4.78 is 13.0. The van der Waals surface area contributed by atoms with Crippen molar-refractivity contribution in [2.24, 2.45) is 0 Å². The van der Waals surface area contributed by atoms with E-state index in [-0.39, 0.29) is 6.04 Å². The number of halogens is 1. The maximum Gasteiger partial charge on any atom is 0.126 e. The van der Waals surface area contributed by atoms with E-state index in [0.717, 1.165) is 0 Å². The quantitative estimate of drug-likeness (QED) is 0.744. The standard InChI is InChI=1S/C11H11FN2/c1-3-8(2)14-11-5-9(7-13)4-10(12)6-11/h3-6,8,14H,1H2,2H3. The average Bonchev–Trinajstić information content (AvgIpc) is 2.16. The largest absolute Gasteiger partial charge is 0.379 e. The molecule has 72 valence electrons. The summed E-state index contributed by atoms with van der Waals surface area (Å²) in [6.45, 7) is 5.49. The van der Waals surface area contributed by atoms with Crippen LogP contribution in [0.25, 0.3) is 0 Å². The molecule has 0 bridgehead atoms. The van der Waals surface area contributed by atoms with Gasteiger partial charge < -0.3 is 5.32 Å². The summed E-state index contributed by atoms with van der Waals surface area (Å²) in [5.41, 5.74) is 0.901. The van der Waals surface area contributed by atoms with Crippen LogP contribution in [0.5, 0.6) is 0 Å². The highest BCUT2D eigenvalue weighted by Crippen LogP contribution is 2.14. The molecule has 0 aliphatic rings. The number of hydrogen-bond donors (Lipinski definition) is 1. The average molecular weight is 190 g/mol. The van der Waals surface area contributed by atoms with E-state index in [4.69, 9.17) is 5.26 Å². The third-order valence-corrected chi connectivity index (χ3v) is 1.77. The van der Waals surface area contributed by atoms with Crippen molar-refractivity contribution < 1.29 is 4.39 Å². The lowest BCUT2D eigenvalue weighted by atomic mass is 10.2. The molecule has 0 saturated heterocycles. The normalized spacial score (nSPS) is 11.5. The Kier molecular flexibility index (Phi) is 3.24. The predicted molar refractivity (Wildman–Crippen MR) is 54.4 cm³/mol. The Balaban J connectivity index is 2.93. The number of benzene rings is 1. The molecule has 0 spiro atoms. The molecule has 1 rings (SSSR count). The van der Waals surface area contributed by atoms with Crippen molar-refractivity contribution in [3.8, 4) is 6.07 Å². The minimum Gasteiger partial charge on any atom is -0.379 e. The van der Waals surface area contributed by atoms with Crippen molar-refractivity contribution >= 4 is 5.69 Å². The van der Waals surface area contributed by atoms with Crippen LogP contribution in [-0.2, 0) is 0 Å². The molecule has 1 aromatic rings. The molecule has 2 nitrogen and oxygen atoms in total. The fourth-order valence-electron chi connectivity index (χ4n) is 1.06. The third kappa shape index (κ3) is 2.60. The van der Waals surface area contributed by atoms with Crippen molar-refractivity contribution in [3.63, 3.8) is 0 Å². The maximum absolute atomic E-state index is 13.0. The zero-order valence-electron chi connectivity index (χ0n) is 7.92. The summed E-state index contributed by atoms with van der Waals surface area (Å²) in [6, 6.07) is 6.08. The van der Waals surface area contributed by atoms with Crippen LogP contribution in [0.2, 0.25) is 0 Å². The first kappa shape index (κ1) is 10.3. The lowest BCUT2D eigenvalue weighted by molar-refractivity contribution is 0.627. The molecule has 0 fully saturated rings. The molecule has 0 heterocycles. The molecule has 3 heteroatoms. The van der Waals surface area contributed by atoms with E-state index < -0.39 is 5.82 Å². The van der Waals surface area contributed by atoms with Crippen LogP contribution in [-0.4, -0.2) is 6.04 Å². The van der Waals surface area contributed by atoms with Crippen LogP contribution in [0.15, 0.2) is 30.9 Å².